The van der Waals surface area contributed by atoms with Gasteiger partial charge in [0.25, 0.3) is 0 Å². The Bertz CT molecular complexity index is 395. The zero-order chi connectivity index (χ0) is 9.26. The SMILES string of the molecule is Nc1nc(Cl)nc(-c2csnn2)n1. The van der Waals surface area contributed by atoms with Gasteiger partial charge in [-0.1, -0.05) is 4.49 Å². The third-order valence-electron chi connectivity index (χ3n) is 1.21. The van der Waals surface area contributed by atoms with Gasteiger partial charge in [-0.05, 0) is 23.1 Å². The lowest BCUT2D eigenvalue weighted by molar-refractivity contribution is 1.04. The number of nitrogens with zero attached hydrogens (tertiary/aromatic N) is 5. The van der Waals surface area contributed by atoms with Gasteiger partial charge in [0.1, 0.15) is 5.69 Å². The Hall–Kier alpha value is -1.34. The summed E-state index contributed by atoms with van der Waals surface area (Å²) in [6, 6.07) is 0. The summed E-state index contributed by atoms with van der Waals surface area (Å²) in [7, 11) is 0. The van der Waals surface area contributed by atoms with Gasteiger partial charge in [0.05, 0.1) is 0 Å². The third kappa shape index (κ3) is 1.70. The highest BCUT2D eigenvalue weighted by Gasteiger charge is 2.07. The molecule has 8 heteroatoms. The lowest BCUT2D eigenvalue weighted by Crippen LogP contribution is -1.99. The molecule has 0 aliphatic carbocycles. The Balaban J connectivity index is 2.53. The van der Waals surface area contributed by atoms with Gasteiger partial charge < -0.3 is 5.73 Å². The maximum atomic E-state index is 5.58. The number of hydrogen-bond donors (Lipinski definition) is 1. The minimum atomic E-state index is 0.0514. The first-order chi connectivity index (χ1) is 6.25. The summed E-state index contributed by atoms with van der Waals surface area (Å²) in [5.74, 6) is 0.411. The van der Waals surface area contributed by atoms with Crippen molar-refractivity contribution in [2.45, 2.75) is 0 Å². The lowest BCUT2D eigenvalue weighted by atomic mass is 10.5. The first-order valence-electron chi connectivity index (χ1n) is 3.20. The molecule has 0 aliphatic heterocycles. The Kier molecular flexibility index (Phi) is 2.03. The molecule has 0 radical (unpaired) electrons. The summed E-state index contributed by atoms with van der Waals surface area (Å²) in [6.07, 6.45) is 0. The Morgan fingerprint density at radius 3 is 2.77 bits per heavy atom. The van der Waals surface area contributed by atoms with E-state index in [1.54, 1.807) is 5.38 Å². The van der Waals surface area contributed by atoms with Crippen molar-refractivity contribution < 1.29 is 0 Å². The van der Waals surface area contributed by atoms with Crippen LogP contribution in [0.1, 0.15) is 0 Å². The monoisotopic (exact) mass is 214 g/mol. The molecule has 66 valence electrons. The fraction of sp³-hybridized carbons (Fsp3) is 0. The predicted molar refractivity (Wildman–Crippen MR) is 48.2 cm³/mol. The van der Waals surface area contributed by atoms with Gasteiger partial charge in [0.15, 0.2) is 5.82 Å². The smallest absolute Gasteiger partial charge is 0.227 e. The Labute approximate surface area is 82.0 Å². The van der Waals surface area contributed by atoms with Crippen LogP contribution in [0.4, 0.5) is 5.95 Å². The molecule has 0 atom stereocenters. The van der Waals surface area contributed by atoms with Crippen molar-refractivity contribution in [1.82, 2.24) is 24.5 Å². The predicted octanol–water partition coefficient (Wildman–Crippen LogP) is 0.626. The van der Waals surface area contributed by atoms with Crippen LogP contribution in [-0.4, -0.2) is 24.5 Å². The zero-order valence-electron chi connectivity index (χ0n) is 6.18. The normalized spacial score (nSPS) is 10.2. The Morgan fingerprint density at radius 1 is 1.31 bits per heavy atom. The number of nitrogens with two attached hydrogens (primary N) is 1. The molecule has 0 spiro atoms. The topological polar surface area (TPSA) is 90.5 Å². The first-order valence-corrected chi connectivity index (χ1v) is 4.41. The van der Waals surface area contributed by atoms with Crippen LogP contribution in [0.3, 0.4) is 0 Å². The quantitative estimate of drug-likeness (QED) is 0.749. The highest BCUT2D eigenvalue weighted by atomic mass is 35.5. The summed E-state index contributed by atoms with van der Waals surface area (Å²) in [5, 5.41) is 5.52. The van der Waals surface area contributed by atoms with Crippen molar-refractivity contribution in [2.75, 3.05) is 5.73 Å². The van der Waals surface area contributed by atoms with Crippen molar-refractivity contribution >= 4 is 29.1 Å². The molecule has 0 aliphatic rings. The summed E-state index contributed by atoms with van der Waals surface area (Å²) < 4.78 is 3.67. The van der Waals surface area contributed by atoms with E-state index in [-0.39, 0.29) is 11.2 Å². The van der Waals surface area contributed by atoms with E-state index >= 15 is 0 Å². The minimum Gasteiger partial charge on any atom is -0.368 e. The maximum absolute atomic E-state index is 5.58. The van der Waals surface area contributed by atoms with Crippen molar-refractivity contribution in [2.24, 2.45) is 0 Å². The van der Waals surface area contributed by atoms with E-state index in [2.05, 4.69) is 24.5 Å². The number of nitrogen functional groups attached to an aromatic ring is 1. The molecule has 0 saturated heterocycles. The van der Waals surface area contributed by atoms with Gasteiger partial charge in [-0.25, -0.2) is 0 Å². The molecule has 13 heavy (non-hydrogen) atoms. The van der Waals surface area contributed by atoms with Crippen LogP contribution in [-0.2, 0) is 0 Å². The van der Waals surface area contributed by atoms with Crippen LogP contribution >= 0.6 is 23.1 Å². The molecule has 2 aromatic rings. The van der Waals surface area contributed by atoms with E-state index in [1.165, 1.54) is 11.5 Å². The Morgan fingerprint density at radius 2 is 2.15 bits per heavy atom. The molecule has 2 rings (SSSR count). The van der Waals surface area contributed by atoms with Crippen molar-refractivity contribution in [3.63, 3.8) is 0 Å². The molecule has 2 aromatic heterocycles. The third-order valence-corrected chi connectivity index (χ3v) is 1.89. The first kappa shape index (κ1) is 8.27. The van der Waals surface area contributed by atoms with E-state index in [9.17, 15) is 0 Å². The lowest BCUT2D eigenvalue weighted by Gasteiger charge is -1.95. The molecule has 0 amide bonds. The molecule has 6 nitrogen and oxygen atoms in total. The van der Waals surface area contributed by atoms with Crippen LogP contribution in [0.2, 0.25) is 5.28 Å². The van der Waals surface area contributed by atoms with Gasteiger partial charge >= 0.3 is 0 Å². The average molecular weight is 215 g/mol. The van der Waals surface area contributed by atoms with E-state index in [0.29, 0.717) is 11.5 Å². The van der Waals surface area contributed by atoms with Crippen LogP contribution in [0.5, 0.6) is 0 Å². The minimum absolute atomic E-state index is 0.0514. The largest absolute Gasteiger partial charge is 0.368 e. The molecule has 0 saturated carbocycles. The second-order valence-electron chi connectivity index (χ2n) is 2.08. The second-order valence-corrected chi connectivity index (χ2v) is 3.02. The van der Waals surface area contributed by atoms with Gasteiger partial charge in [-0.2, -0.15) is 15.0 Å². The van der Waals surface area contributed by atoms with E-state index < -0.39 is 0 Å². The maximum Gasteiger partial charge on any atom is 0.227 e. The number of hydrogen-bond acceptors (Lipinski definition) is 7. The number of rotatable bonds is 1. The molecule has 0 fully saturated rings. The van der Waals surface area contributed by atoms with Crippen LogP contribution in [0, 0.1) is 0 Å². The fourth-order valence-electron chi connectivity index (χ4n) is 0.742. The van der Waals surface area contributed by atoms with Gasteiger partial charge in [-0.15, -0.1) is 5.10 Å². The molecule has 0 unspecified atom stereocenters. The molecular weight excluding hydrogens is 212 g/mol. The van der Waals surface area contributed by atoms with Crippen LogP contribution < -0.4 is 5.73 Å². The van der Waals surface area contributed by atoms with Crippen LogP contribution in [0.15, 0.2) is 5.38 Å². The fourth-order valence-corrected chi connectivity index (χ4v) is 1.34. The molecular formula is C5H3ClN6S. The molecule has 2 N–H and O–H groups in total. The summed E-state index contributed by atoms with van der Waals surface area (Å²) in [5.41, 5.74) is 5.92. The van der Waals surface area contributed by atoms with Crippen molar-refractivity contribution in [3.05, 3.63) is 10.7 Å². The second kappa shape index (κ2) is 3.19. The van der Waals surface area contributed by atoms with E-state index in [1.807, 2.05) is 0 Å². The van der Waals surface area contributed by atoms with E-state index in [4.69, 9.17) is 17.3 Å². The highest BCUT2D eigenvalue weighted by Crippen LogP contribution is 2.14. The summed E-state index contributed by atoms with van der Waals surface area (Å²) >= 11 is 6.78. The average Bonchev–Trinajstić information content (AvgIpc) is 2.53. The van der Waals surface area contributed by atoms with Crippen molar-refractivity contribution in [3.8, 4) is 11.5 Å². The summed E-state index contributed by atoms with van der Waals surface area (Å²) in [4.78, 5) is 11.3. The van der Waals surface area contributed by atoms with Gasteiger partial charge in [-0.3, -0.25) is 0 Å². The number of anilines is 1. The van der Waals surface area contributed by atoms with Gasteiger partial charge in [0.2, 0.25) is 11.2 Å². The number of aromatic nitrogens is 5. The zero-order valence-corrected chi connectivity index (χ0v) is 7.75. The summed E-state index contributed by atoms with van der Waals surface area (Å²) in [6.45, 7) is 0. The van der Waals surface area contributed by atoms with Crippen molar-refractivity contribution in [1.29, 1.82) is 0 Å². The van der Waals surface area contributed by atoms with E-state index in [0.717, 1.165) is 0 Å². The number of halogens is 1. The molecule has 2 heterocycles. The van der Waals surface area contributed by atoms with Gasteiger partial charge in [0, 0.05) is 5.38 Å². The highest BCUT2D eigenvalue weighted by molar-refractivity contribution is 7.03. The standard InChI is InChI=1S/C5H3ClN6S/c6-4-8-3(9-5(7)10-4)2-1-13-12-11-2/h1H,(H2,7,8,9,10). The molecule has 0 bridgehead atoms. The molecule has 0 aromatic carbocycles. The van der Waals surface area contributed by atoms with Crippen LogP contribution in [0.25, 0.3) is 11.5 Å².